The van der Waals surface area contributed by atoms with Gasteiger partial charge in [-0.25, -0.2) is 4.98 Å². The van der Waals surface area contributed by atoms with E-state index in [1.54, 1.807) is 0 Å². The number of alkyl halides is 3. The van der Waals surface area contributed by atoms with Crippen molar-refractivity contribution in [2.75, 3.05) is 19.6 Å². The second-order valence-corrected chi connectivity index (χ2v) is 7.86. The maximum Gasteiger partial charge on any atom is 0.449 e. The first-order valence-corrected chi connectivity index (χ1v) is 9.76. The van der Waals surface area contributed by atoms with Gasteiger partial charge in [0.15, 0.2) is 0 Å². The predicted molar refractivity (Wildman–Crippen MR) is 93.1 cm³/mol. The second-order valence-electron chi connectivity index (χ2n) is 7.86. The molecule has 2 N–H and O–H groups in total. The topological polar surface area (TPSA) is 62.2 Å². The van der Waals surface area contributed by atoms with Crippen molar-refractivity contribution in [3.8, 4) is 0 Å². The van der Waals surface area contributed by atoms with Crippen LogP contribution in [0, 0.1) is 0 Å². The van der Waals surface area contributed by atoms with Gasteiger partial charge < -0.3 is 15.2 Å². The van der Waals surface area contributed by atoms with Crippen LogP contribution in [0.15, 0.2) is 0 Å². The number of fused-ring (bicyclic) bond motifs is 1. The van der Waals surface area contributed by atoms with Crippen molar-refractivity contribution in [2.24, 2.45) is 0 Å². The summed E-state index contributed by atoms with van der Waals surface area (Å²) in [6, 6.07) is 0.137. The Labute approximate surface area is 156 Å². The fourth-order valence-corrected chi connectivity index (χ4v) is 4.15. The summed E-state index contributed by atoms with van der Waals surface area (Å²) in [6.07, 6.45) is -0.867. The molecule has 1 aliphatic carbocycles. The lowest BCUT2D eigenvalue weighted by Gasteiger charge is -2.35. The Kier molecular flexibility index (Phi) is 4.92. The van der Waals surface area contributed by atoms with E-state index in [9.17, 15) is 18.0 Å². The van der Waals surface area contributed by atoms with Crippen LogP contribution in [0.3, 0.4) is 0 Å². The molecule has 1 atom stereocenters. The van der Waals surface area contributed by atoms with E-state index in [1.165, 1.54) is 4.57 Å². The molecule has 0 spiro atoms. The Morgan fingerprint density at radius 3 is 2.56 bits per heavy atom. The van der Waals surface area contributed by atoms with E-state index < -0.39 is 12.0 Å². The number of nitrogens with one attached hydrogen (secondary N) is 2. The van der Waals surface area contributed by atoms with Crippen LogP contribution in [-0.4, -0.2) is 52.1 Å². The van der Waals surface area contributed by atoms with Gasteiger partial charge in [-0.3, -0.25) is 9.69 Å². The lowest BCUT2D eigenvalue weighted by Crippen LogP contribution is -2.48. The molecule has 3 aliphatic rings. The Morgan fingerprint density at radius 1 is 1.22 bits per heavy atom. The second kappa shape index (κ2) is 7.09. The molecule has 0 aromatic carbocycles. The third-order valence-electron chi connectivity index (χ3n) is 5.93. The van der Waals surface area contributed by atoms with Gasteiger partial charge in [-0.05, 0) is 45.7 Å². The third kappa shape index (κ3) is 3.85. The zero-order valence-corrected chi connectivity index (χ0v) is 15.5. The summed E-state index contributed by atoms with van der Waals surface area (Å²) in [5, 5.41) is 6.18. The summed E-state index contributed by atoms with van der Waals surface area (Å²) in [4.78, 5) is 18.4. The molecule has 0 bridgehead atoms. The summed E-state index contributed by atoms with van der Waals surface area (Å²) >= 11 is 0. The van der Waals surface area contributed by atoms with Crippen molar-refractivity contribution in [3.05, 3.63) is 17.2 Å². The van der Waals surface area contributed by atoms with Crippen molar-refractivity contribution < 1.29 is 18.0 Å². The molecule has 1 unspecified atom stereocenters. The predicted octanol–water partition coefficient (Wildman–Crippen LogP) is 1.85. The SMILES string of the molecule is CC(C(=O)NC1CC1)N1CCC(c2nc(C(F)(F)F)n3c2CNCC3)CC1. The first kappa shape index (κ1) is 18.7. The van der Waals surface area contributed by atoms with Crippen LogP contribution in [0.2, 0.25) is 0 Å². The molecule has 150 valence electrons. The van der Waals surface area contributed by atoms with Crippen LogP contribution in [0.25, 0.3) is 0 Å². The van der Waals surface area contributed by atoms with E-state index in [0.717, 1.165) is 25.7 Å². The van der Waals surface area contributed by atoms with Gasteiger partial charge in [-0.15, -0.1) is 0 Å². The van der Waals surface area contributed by atoms with Crippen LogP contribution >= 0.6 is 0 Å². The van der Waals surface area contributed by atoms with Gasteiger partial charge in [0.25, 0.3) is 0 Å². The number of hydrogen-bond donors (Lipinski definition) is 2. The van der Waals surface area contributed by atoms with Crippen molar-refractivity contribution >= 4 is 5.91 Å². The molecule has 2 aliphatic heterocycles. The van der Waals surface area contributed by atoms with E-state index in [-0.39, 0.29) is 17.9 Å². The maximum absolute atomic E-state index is 13.4. The van der Waals surface area contributed by atoms with Crippen LogP contribution in [0.5, 0.6) is 0 Å². The molecule has 27 heavy (non-hydrogen) atoms. The number of piperidine rings is 1. The number of aromatic nitrogens is 2. The number of carbonyl (C=O) groups excluding carboxylic acids is 1. The number of hydrogen-bond acceptors (Lipinski definition) is 4. The highest BCUT2D eigenvalue weighted by Crippen LogP contribution is 2.36. The zero-order chi connectivity index (χ0) is 19.2. The van der Waals surface area contributed by atoms with E-state index >= 15 is 0 Å². The molecule has 1 aromatic rings. The summed E-state index contributed by atoms with van der Waals surface area (Å²) in [5.74, 6) is -0.704. The highest BCUT2D eigenvalue weighted by atomic mass is 19.4. The normalized spacial score (nSPS) is 23.1. The minimum atomic E-state index is -4.43. The van der Waals surface area contributed by atoms with Gasteiger partial charge in [0, 0.05) is 31.6 Å². The van der Waals surface area contributed by atoms with E-state index in [0.29, 0.717) is 50.2 Å². The van der Waals surface area contributed by atoms with Crippen molar-refractivity contribution in [3.63, 3.8) is 0 Å². The molecular weight excluding hydrogens is 359 g/mol. The zero-order valence-electron chi connectivity index (χ0n) is 15.5. The molecule has 1 aromatic heterocycles. The Bertz CT molecular complexity index is 705. The Balaban J connectivity index is 1.45. The van der Waals surface area contributed by atoms with Gasteiger partial charge in [-0.2, -0.15) is 13.2 Å². The maximum atomic E-state index is 13.4. The monoisotopic (exact) mass is 385 g/mol. The minimum absolute atomic E-state index is 0.0113. The molecule has 2 fully saturated rings. The highest BCUT2D eigenvalue weighted by molar-refractivity contribution is 5.81. The summed E-state index contributed by atoms with van der Waals surface area (Å²) in [6.45, 7) is 4.56. The fraction of sp³-hybridized carbons (Fsp3) is 0.778. The lowest BCUT2D eigenvalue weighted by molar-refractivity contribution is -0.147. The summed E-state index contributed by atoms with van der Waals surface area (Å²) in [7, 11) is 0. The Hall–Kier alpha value is -1.61. The van der Waals surface area contributed by atoms with Crippen molar-refractivity contribution in [1.82, 2.24) is 25.1 Å². The van der Waals surface area contributed by atoms with Crippen LogP contribution in [0.1, 0.15) is 55.7 Å². The van der Waals surface area contributed by atoms with Crippen LogP contribution in [-0.2, 0) is 24.1 Å². The van der Waals surface area contributed by atoms with E-state index in [4.69, 9.17) is 0 Å². The lowest BCUT2D eigenvalue weighted by atomic mass is 9.91. The standard InChI is InChI=1S/C18H26F3N5O/c1-11(16(27)23-13-2-3-13)25-7-4-12(5-8-25)15-14-10-22-6-9-26(14)17(24-15)18(19,20)21/h11-13,22H,2-10H2,1H3,(H,23,27). The molecule has 1 amide bonds. The van der Waals surface area contributed by atoms with Crippen molar-refractivity contribution in [1.29, 1.82) is 0 Å². The number of likely N-dealkylation sites (tertiary alicyclic amines) is 1. The van der Waals surface area contributed by atoms with E-state index in [2.05, 4.69) is 20.5 Å². The fourth-order valence-electron chi connectivity index (χ4n) is 4.15. The number of nitrogens with zero attached hydrogens (tertiary/aromatic N) is 3. The highest BCUT2D eigenvalue weighted by Gasteiger charge is 2.41. The first-order chi connectivity index (χ1) is 12.8. The first-order valence-electron chi connectivity index (χ1n) is 9.76. The van der Waals surface area contributed by atoms with Gasteiger partial charge in [-0.1, -0.05) is 0 Å². The number of rotatable bonds is 4. The molecular formula is C18H26F3N5O. The van der Waals surface area contributed by atoms with Gasteiger partial charge in [0.05, 0.1) is 17.4 Å². The molecule has 3 heterocycles. The van der Waals surface area contributed by atoms with Crippen LogP contribution in [0.4, 0.5) is 13.2 Å². The number of halogens is 3. The van der Waals surface area contributed by atoms with Gasteiger partial charge in [0.2, 0.25) is 11.7 Å². The number of carbonyl (C=O) groups is 1. The van der Waals surface area contributed by atoms with Gasteiger partial charge in [0.1, 0.15) is 0 Å². The molecule has 4 rings (SSSR count). The molecule has 0 radical (unpaired) electrons. The quantitative estimate of drug-likeness (QED) is 0.831. The number of amides is 1. The third-order valence-corrected chi connectivity index (χ3v) is 5.93. The minimum Gasteiger partial charge on any atom is -0.352 e. The smallest absolute Gasteiger partial charge is 0.352 e. The molecule has 9 heteroatoms. The number of imidazole rings is 1. The summed E-state index contributed by atoms with van der Waals surface area (Å²) < 4.78 is 41.4. The summed E-state index contributed by atoms with van der Waals surface area (Å²) in [5.41, 5.74) is 1.26. The Morgan fingerprint density at radius 2 is 1.93 bits per heavy atom. The molecule has 6 nitrogen and oxygen atoms in total. The van der Waals surface area contributed by atoms with E-state index in [1.807, 2.05) is 6.92 Å². The molecule has 1 saturated carbocycles. The van der Waals surface area contributed by atoms with Crippen LogP contribution < -0.4 is 10.6 Å². The average molecular weight is 385 g/mol. The molecule has 1 saturated heterocycles. The largest absolute Gasteiger partial charge is 0.449 e. The van der Waals surface area contributed by atoms with Gasteiger partial charge >= 0.3 is 6.18 Å². The average Bonchev–Trinajstić information content (AvgIpc) is 3.37. The van der Waals surface area contributed by atoms with Crippen molar-refractivity contribution in [2.45, 2.75) is 69.9 Å².